The Morgan fingerprint density at radius 3 is 2.32 bits per heavy atom. The van der Waals surface area contributed by atoms with Crippen LogP contribution in [-0.4, -0.2) is 7.11 Å². The first kappa shape index (κ1) is 19.1. The second-order valence-electron chi connectivity index (χ2n) is 7.21. The van der Waals surface area contributed by atoms with E-state index >= 15 is 0 Å². The molecule has 0 spiro atoms. The SMILES string of the molecule is C=C(CC(C)=C(C)C)Cc1cc(C)c(C)cc1-c1cccc(OC)c1. The van der Waals surface area contributed by atoms with Gasteiger partial charge >= 0.3 is 0 Å². The van der Waals surface area contributed by atoms with Crippen LogP contribution in [0.3, 0.4) is 0 Å². The molecular weight excluding hydrogens is 304 g/mol. The lowest BCUT2D eigenvalue weighted by Crippen LogP contribution is -1.98. The maximum absolute atomic E-state index is 5.41. The van der Waals surface area contributed by atoms with E-state index in [0.29, 0.717) is 0 Å². The van der Waals surface area contributed by atoms with Crippen LogP contribution in [0.15, 0.2) is 59.7 Å². The number of hydrogen-bond acceptors (Lipinski definition) is 1. The third kappa shape index (κ3) is 4.85. The third-order valence-corrected chi connectivity index (χ3v) is 4.91. The fourth-order valence-corrected chi connectivity index (χ4v) is 2.97. The second kappa shape index (κ2) is 8.20. The van der Waals surface area contributed by atoms with Crippen LogP contribution in [0.5, 0.6) is 5.75 Å². The summed E-state index contributed by atoms with van der Waals surface area (Å²) in [6, 6.07) is 12.9. The van der Waals surface area contributed by atoms with Gasteiger partial charge in [0.2, 0.25) is 0 Å². The number of rotatable bonds is 6. The van der Waals surface area contributed by atoms with Crippen molar-refractivity contribution >= 4 is 0 Å². The first-order valence-electron chi connectivity index (χ1n) is 8.86. The number of methoxy groups -OCH3 is 1. The monoisotopic (exact) mass is 334 g/mol. The molecule has 0 amide bonds. The van der Waals surface area contributed by atoms with Crippen LogP contribution in [0.2, 0.25) is 0 Å². The van der Waals surface area contributed by atoms with Crippen molar-refractivity contribution < 1.29 is 4.74 Å². The first-order chi connectivity index (χ1) is 11.8. The zero-order chi connectivity index (χ0) is 18.6. The highest BCUT2D eigenvalue weighted by Gasteiger charge is 2.11. The van der Waals surface area contributed by atoms with Gasteiger partial charge in [0.15, 0.2) is 0 Å². The van der Waals surface area contributed by atoms with Gasteiger partial charge in [-0.15, -0.1) is 0 Å². The van der Waals surface area contributed by atoms with E-state index in [4.69, 9.17) is 4.74 Å². The fourth-order valence-electron chi connectivity index (χ4n) is 2.97. The van der Waals surface area contributed by atoms with E-state index in [1.54, 1.807) is 7.11 Å². The molecule has 0 aromatic heterocycles. The Hall–Kier alpha value is -2.28. The maximum Gasteiger partial charge on any atom is 0.119 e. The highest BCUT2D eigenvalue weighted by atomic mass is 16.5. The number of hydrogen-bond donors (Lipinski definition) is 0. The number of allylic oxidation sites excluding steroid dienone is 3. The molecule has 0 aliphatic rings. The number of benzene rings is 2. The lowest BCUT2D eigenvalue weighted by molar-refractivity contribution is 0.415. The Labute approximate surface area is 153 Å². The van der Waals surface area contributed by atoms with Crippen LogP contribution in [0, 0.1) is 13.8 Å². The van der Waals surface area contributed by atoms with Crippen molar-refractivity contribution in [3.05, 3.63) is 76.4 Å². The molecule has 0 saturated heterocycles. The lowest BCUT2D eigenvalue weighted by atomic mass is 9.89. The van der Waals surface area contributed by atoms with E-state index in [1.807, 2.05) is 6.07 Å². The summed E-state index contributed by atoms with van der Waals surface area (Å²) in [7, 11) is 1.71. The molecule has 0 heterocycles. The highest BCUT2D eigenvalue weighted by Crippen LogP contribution is 2.31. The van der Waals surface area contributed by atoms with Crippen molar-refractivity contribution in [2.75, 3.05) is 7.11 Å². The van der Waals surface area contributed by atoms with Crippen LogP contribution >= 0.6 is 0 Å². The largest absolute Gasteiger partial charge is 0.497 e. The van der Waals surface area contributed by atoms with Gasteiger partial charge in [-0.25, -0.2) is 0 Å². The molecule has 0 radical (unpaired) electrons. The van der Waals surface area contributed by atoms with Gasteiger partial charge < -0.3 is 4.74 Å². The molecule has 0 aliphatic carbocycles. The van der Waals surface area contributed by atoms with Gasteiger partial charge in [0.1, 0.15) is 5.75 Å². The van der Waals surface area contributed by atoms with Gasteiger partial charge in [-0.1, -0.05) is 47.6 Å². The van der Waals surface area contributed by atoms with Crippen LogP contribution in [0.4, 0.5) is 0 Å². The van der Waals surface area contributed by atoms with E-state index in [-0.39, 0.29) is 0 Å². The minimum Gasteiger partial charge on any atom is -0.497 e. The number of ether oxygens (including phenoxy) is 1. The fraction of sp³-hybridized carbons (Fsp3) is 0.333. The normalized spacial score (nSPS) is 10.5. The highest BCUT2D eigenvalue weighted by molar-refractivity contribution is 5.70. The summed E-state index contributed by atoms with van der Waals surface area (Å²) in [5.74, 6) is 0.890. The molecule has 1 nitrogen and oxygen atoms in total. The van der Waals surface area contributed by atoms with Crippen LogP contribution in [0.25, 0.3) is 11.1 Å². The van der Waals surface area contributed by atoms with Crippen molar-refractivity contribution in [3.63, 3.8) is 0 Å². The second-order valence-corrected chi connectivity index (χ2v) is 7.21. The maximum atomic E-state index is 5.41. The summed E-state index contributed by atoms with van der Waals surface area (Å²) in [4.78, 5) is 0. The molecule has 0 bridgehead atoms. The van der Waals surface area contributed by atoms with Crippen molar-refractivity contribution in [1.82, 2.24) is 0 Å². The molecule has 1 heteroatoms. The van der Waals surface area contributed by atoms with Crippen LogP contribution in [0.1, 0.15) is 43.9 Å². The Balaban J connectivity index is 2.42. The smallest absolute Gasteiger partial charge is 0.119 e. The van der Waals surface area contributed by atoms with Crippen LogP contribution < -0.4 is 4.74 Å². The Bertz CT molecular complexity index is 805. The summed E-state index contributed by atoms with van der Waals surface area (Å²) in [6.45, 7) is 15.2. The predicted octanol–water partition coefficient (Wildman–Crippen LogP) is 6.82. The predicted molar refractivity (Wildman–Crippen MR) is 109 cm³/mol. The molecule has 2 rings (SSSR count). The van der Waals surface area contributed by atoms with Crippen molar-refractivity contribution in [2.45, 2.75) is 47.5 Å². The molecular formula is C24H30O. The Morgan fingerprint density at radius 1 is 1.00 bits per heavy atom. The van der Waals surface area contributed by atoms with E-state index < -0.39 is 0 Å². The molecule has 0 N–H and O–H groups in total. The van der Waals surface area contributed by atoms with Gasteiger partial charge in [-0.2, -0.15) is 0 Å². The summed E-state index contributed by atoms with van der Waals surface area (Å²) >= 11 is 0. The number of aryl methyl sites for hydroxylation is 2. The third-order valence-electron chi connectivity index (χ3n) is 4.91. The van der Waals surface area contributed by atoms with Gasteiger partial charge in [-0.3, -0.25) is 0 Å². The van der Waals surface area contributed by atoms with Gasteiger partial charge in [0.05, 0.1) is 7.11 Å². The average Bonchev–Trinajstić information content (AvgIpc) is 2.57. The minimum atomic E-state index is 0.890. The molecule has 0 unspecified atom stereocenters. The van der Waals surface area contributed by atoms with E-state index in [0.717, 1.165) is 18.6 Å². The van der Waals surface area contributed by atoms with Crippen LogP contribution in [-0.2, 0) is 6.42 Å². The Kier molecular flexibility index (Phi) is 6.25. The summed E-state index contributed by atoms with van der Waals surface area (Å²) < 4.78 is 5.41. The molecule has 2 aromatic carbocycles. The zero-order valence-electron chi connectivity index (χ0n) is 16.5. The van der Waals surface area contributed by atoms with Gasteiger partial charge in [0, 0.05) is 0 Å². The lowest BCUT2D eigenvalue weighted by Gasteiger charge is -2.16. The molecule has 0 aliphatic heterocycles. The molecule has 2 aromatic rings. The van der Waals surface area contributed by atoms with Gasteiger partial charge in [-0.05, 0) is 87.4 Å². The van der Waals surface area contributed by atoms with Gasteiger partial charge in [0.25, 0.3) is 0 Å². The quantitative estimate of drug-likeness (QED) is 0.526. The molecule has 132 valence electrons. The molecule has 25 heavy (non-hydrogen) atoms. The molecule has 0 saturated carbocycles. The van der Waals surface area contributed by atoms with E-state index in [2.05, 4.69) is 71.5 Å². The first-order valence-corrected chi connectivity index (χ1v) is 8.86. The summed E-state index contributed by atoms with van der Waals surface area (Å²) in [5, 5.41) is 0. The minimum absolute atomic E-state index is 0.890. The molecule has 0 atom stereocenters. The van der Waals surface area contributed by atoms with Crippen molar-refractivity contribution in [3.8, 4) is 16.9 Å². The zero-order valence-corrected chi connectivity index (χ0v) is 16.5. The van der Waals surface area contributed by atoms with E-state index in [1.165, 1.54) is 44.5 Å². The standard InChI is InChI=1S/C24H30O/c1-16(2)18(4)11-17(3)12-22-13-19(5)20(6)14-24(22)21-9-8-10-23(15-21)25-7/h8-10,13-15H,3,11-12H2,1-2,4-7H3. The average molecular weight is 335 g/mol. The van der Waals surface area contributed by atoms with Crippen molar-refractivity contribution in [1.29, 1.82) is 0 Å². The Morgan fingerprint density at radius 2 is 1.68 bits per heavy atom. The molecule has 0 fully saturated rings. The van der Waals surface area contributed by atoms with Crippen molar-refractivity contribution in [2.24, 2.45) is 0 Å². The summed E-state index contributed by atoms with van der Waals surface area (Å²) in [6.07, 6.45) is 1.87. The summed E-state index contributed by atoms with van der Waals surface area (Å²) in [5.41, 5.74) is 10.5. The topological polar surface area (TPSA) is 9.23 Å². The van der Waals surface area contributed by atoms with E-state index in [9.17, 15) is 0 Å².